The number of carbonyl (C=O) groups is 1. The predicted molar refractivity (Wildman–Crippen MR) is 132 cm³/mol. The lowest BCUT2D eigenvalue weighted by Crippen LogP contribution is -2.40. The van der Waals surface area contributed by atoms with Gasteiger partial charge in [0.1, 0.15) is 16.6 Å². The van der Waals surface area contributed by atoms with E-state index in [9.17, 15) is 4.79 Å². The van der Waals surface area contributed by atoms with E-state index in [0.29, 0.717) is 35.4 Å². The van der Waals surface area contributed by atoms with E-state index < -0.39 is 0 Å². The molecule has 1 amide bonds. The molecule has 3 rings (SSSR count). The molecule has 34 heavy (non-hydrogen) atoms. The quantitative estimate of drug-likeness (QED) is 0.362. The third-order valence-electron chi connectivity index (χ3n) is 5.67. The van der Waals surface area contributed by atoms with Crippen molar-refractivity contribution >= 4 is 17.5 Å². The van der Waals surface area contributed by atoms with Crippen molar-refractivity contribution < 1.29 is 19.0 Å². The Kier molecular flexibility index (Phi) is 9.10. The maximum absolute atomic E-state index is 13.4. The van der Waals surface area contributed by atoms with Gasteiger partial charge in [-0.25, -0.2) is 9.97 Å². The van der Waals surface area contributed by atoms with Crippen LogP contribution in [0.5, 0.6) is 17.4 Å². The standard InChI is InChI=1S/C26H30ClN3O4/c1-18(8-9-19-10-12-21(32-2)13-11-19)30(26(31)22-6-5-7-24(27)29-22)15-14-20-16-23(33-3)25(34-4)28-17-20/h5-7,10-13,16-18H,8-9,14-15H2,1-4H3. The molecule has 1 aromatic carbocycles. The Bertz CT molecular complexity index is 1090. The van der Waals surface area contributed by atoms with Crippen molar-refractivity contribution in [1.82, 2.24) is 14.9 Å². The van der Waals surface area contributed by atoms with Crippen LogP contribution in [-0.4, -0.2) is 54.7 Å². The molecule has 0 aliphatic rings. The highest BCUT2D eigenvalue weighted by Gasteiger charge is 2.23. The summed E-state index contributed by atoms with van der Waals surface area (Å²) in [4.78, 5) is 23.8. The van der Waals surface area contributed by atoms with E-state index in [1.54, 1.807) is 45.7 Å². The van der Waals surface area contributed by atoms with Crippen molar-refractivity contribution in [1.29, 1.82) is 0 Å². The van der Waals surface area contributed by atoms with Gasteiger partial charge in [-0.1, -0.05) is 29.8 Å². The molecule has 0 saturated carbocycles. The molecule has 0 bridgehead atoms. The van der Waals surface area contributed by atoms with Crippen LogP contribution >= 0.6 is 11.6 Å². The zero-order chi connectivity index (χ0) is 24.5. The molecule has 0 radical (unpaired) electrons. The number of rotatable bonds is 11. The summed E-state index contributed by atoms with van der Waals surface area (Å²) in [5.41, 5.74) is 2.45. The molecule has 0 N–H and O–H groups in total. The first kappa shape index (κ1) is 25.3. The first-order chi connectivity index (χ1) is 16.4. The number of aryl methyl sites for hydroxylation is 1. The fourth-order valence-corrected chi connectivity index (χ4v) is 3.84. The number of ether oxygens (including phenoxy) is 3. The highest BCUT2D eigenvalue weighted by atomic mass is 35.5. The van der Waals surface area contributed by atoms with E-state index in [-0.39, 0.29) is 11.9 Å². The van der Waals surface area contributed by atoms with Crippen LogP contribution < -0.4 is 14.2 Å². The molecule has 0 aliphatic carbocycles. The zero-order valence-electron chi connectivity index (χ0n) is 20.0. The van der Waals surface area contributed by atoms with Crippen LogP contribution in [0.3, 0.4) is 0 Å². The van der Waals surface area contributed by atoms with Crippen molar-refractivity contribution in [3.05, 3.63) is 76.7 Å². The lowest BCUT2D eigenvalue weighted by molar-refractivity contribution is 0.0680. The molecule has 0 aliphatic heterocycles. The largest absolute Gasteiger partial charge is 0.497 e. The Morgan fingerprint density at radius 3 is 2.41 bits per heavy atom. The van der Waals surface area contributed by atoms with Crippen molar-refractivity contribution in [3.63, 3.8) is 0 Å². The number of carbonyl (C=O) groups excluding carboxylic acids is 1. The molecule has 2 aromatic heterocycles. The van der Waals surface area contributed by atoms with Crippen LogP contribution in [0, 0.1) is 0 Å². The smallest absolute Gasteiger partial charge is 0.272 e. The lowest BCUT2D eigenvalue weighted by Gasteiger charge is -2.29. The van der Waals surface area contributed by atoms with Crippen LogP contribution in [-0.2, 0) is 12.8 Å². The van der Waals surface area contributed by atoms with Crippen molar-refractivity contribution in [2.75, 3.05) is 27.9 Å². The van der Waals surface area contributed by atoms with E-state index in [1.165, 1.54) is 5.56 Å². The van der Waals surface area contributed by atoms with Crippen molar-refractivity contribution in [2.45, 2.75) is 32.2 Å². The average Bonchev–Trinajstić information content (AvgIpc) is 2.87. The van der Waals surface area contributed by atoms with Gasteiger partial charge in [-0.3, -0.25) is 4.79 Å². The Morgan fingerprint density at radius 1 is 1.00 bits per heavy atom. The summed E-state index contributed by atoms with van der Waals surface area (Å²) >= 11 is 6.05. The number of benzene rings is 1. The number of pyridine rings is 2. The second kappa shape index (κ2) is 12.2. The Labute approximate surface area is 205 Å². The minimum Gasteiger partial charge on any atom is -0.497 e. The monoisotopic (exact) mass is 483 g/mol. The average molecular weight is 484 g/mol. The van der Waals surface area contributed by atoms with Gasteiger partial charge in [0.25, 0.3) is 11.8 Å². The van der Waals surface area contributed by atoms with E-state index in [4.69, 9.17) is 25.8 Å². The number of nitrogens with zero attached hydrogens (tertiary/aromatic N) is 3. The molecule has 1 unspecified atom stereocenters. The minimum absolute atomic E-state index is 0.0245. The van der Waals surface area contributed by atoms with Gasteiger partial charge in [-0.2, -0.15) is 0 Å². The van der Waals surface area contributed by atoms with Gasteiger partial charge in [0.15, 0.2) is 5.75 Å². The third-order valence-corrected chi connectivity index (χ3v) is 5.88. The summed E-state index contributed by atoms with van der Waals surface area (Å²) in [5, 5.41) is 0.292. The van der Waals surface area contributed by atoms with Gasteiger partial charge in [0, 0.05) is 18.8 Å². The van der Waals surface area contributed by atoms with Crippen LogP contribution in [0.2, 0.25) is 5.15 Å². The van der Waals surface area contributed by atoms with Crippen molar-refractivity contribution in [3.8, 4) is 17.4 Å². The van der Waals surface area contributed by atoms with E-state index in [1.807, 2.05) is 35.2 Å². The summed E-state index contributed by atoms with van der Waals surface area (Å²) < 4.78 is 15.8. The number of methoxy groups -OCH3 is 3. The predicted octanol–water partition coefficient (Wildman–Crippen LogP) is 4.86. The van der Waals surface area contributed by atoms with Crippen LogP contribution in [0.25, 0.3) is 0 Å². The van der Waals surface area contributed by atoms with Crippen LogP contribution in [0.1, 0.15) is 35.0 Å². The molecule has 3 aromatic rings. The summed E-state index contributed by atoms with van der Waals surface area (Å²) in [7, 11) is 4.77. The minimum atomic E-state index is -0.154. The van der Waals surface area contributed by atoms with Gasteiger partial charge in [-0.15, -0.1) is 0 Å². The second-order valence-electron chi connectivity index (χ2n) is 7.88. The Morgan fingerprint density at radius 2 is 1.76 bits per heavy atom. The number of amides is 1. The maximum Gasteiger partial charge on any atom is 0.272 e. The summed E-state index contributed by atoms with van der Waals surface area (Å²) in [5.74, 6) is 1.65. The highest BCUT2D eigenvalue weighted by molar-refractivity contribution is 6.29. The molecule has 1 atom stereocenters. The molecule has 8 heteroatoms. The molecule has 180 valence electrons. The van der Waals surface area contributed by atoms with Gasteiger partial charge >= 0.3 is 0 Å². The molecule has 0 saturated heterocycles. The van der Waals surface area contributed by atoms with Gasteiger partial charge in [0.05, 0.1) is 21.3 Å². The molecule has 7 nitrogen and oxygen atoms in total. The fourth-order valence-electron chi connectivity index (χ4n) is 3.68. The number of hydrogen-bond donors (Lipinski definition) is 0. The topological polar surface area (TPSA) is 73.8 Å². The van der Waals surface area contributed by atoms with Gasteiger partial charge < -0.3 is 19.1 Å². The maximum atomic E-state index is 13.4. The molecule has 0 spiro atoms. The van der Waals surface area contributed by atoms with E-state index >= 15 is 0 Å². The second-order valence-corrected chi connectivity index (χ2v) is 8.27. The highest BCUT2D eigenvalue weighted by Crippen LogP contribution is 2.25. The van der Waals surface area contributed by atoms with Gasteiger partial charge in [0.2, 0.25) is 0 Å². The Hall–Kier alpha value is -3.32. The fraction of sp³-hybridized carbons (Fsp3) is 0.346. The number of aromatic nitrogens is 2. The first-order valence-corrected chi connectivity index (χ1v) is 11.5. The normalized spacial score (nSPS) is 11.6. The molecular weight excluding hydrogens is 454 g/mol. The molecular formula is C26H30ClN3O4. The lowest BCUT2D eigenvalue weighted by atomic mass is 10.0. The summed E-state index contributed by atoms with van der Waals surface area (Å²) in [6, 6.07) is 14.9. The third kappa shape index (κ3) is 6.60. The first-order valence-electron chi connectivity index (χ1n) is 11.1. The number of halogens is 1. The van der Waals surface area contributed by atoms with Crippen LogP contribution in [0.4, 0.5) is 0 Å². The van der Waals surface area contributed by atoms with E-state index in [0.717, 1.165) is 24.2 Å². The molecule has 0 fully saturated rings. The zero-order valence-corrected chi connectivity index (χ0v) is 20.7. The number of hydrogen-bond acceptors (Lipinski definition) is 6. The Balaban J connectivity index is 1.76. The van der Waals surface area contributed by atoms with Crippen LogP contribution in [0.15, 0.2) is 54.7 Å². The SMILES string of the molecule is COc1ccc(CCC(C)N(CCc2cnc(OC)c(OC)c2)C(=O)c2cccc(Cl)n2)cc1. The molecule has 2 heterocycles. The van der Waals surface area contributed by atoms with Gasteiger partial charge in [-0.05, 0) is 67.6 Å². The summed E-state index contributed by atoms with van der Waals surface area (Å²) in [6.07, 6.45) is 3.97. The van der Waals surface area contributed by atoms with Crippen molar-refractivity contribution in [2.24, 2.45) is 0 Å². The van der Waals surface area contributed by atoms with E-state index in [2.05, 4.69) is 16.9 Å². The summed E-state index contributed by atoms with van der Waals surface area (Å²) in [6.45, 7) is 2.55.